The number of hydrogen-bond acceptors (Lipinski definition) is 3. The lowest BCUT2D eigenvalue weighted by molar-refractivity contribution is 0.0924. The number of hydrogen-bond donors (Lipinski definition) is 2. The zero-order valence-corrected chi connectivity index (χ0v) is 8.32. The highest BCUT2D eigenvalue weighted by Gasteiger charge is 2.16. The Morgan fingerprint density at radius 1 is 1.43 bits per heavy atom. The molecule has 0 fully saturated rings. The summed E-state index contributed by atoms with van der Waals surface area (Å²) in [6.45, 7) is 3.73. The maximum Gasteiger partial charge on any atom is 0.169 e. The molecule has 1 atom stereocenters. The van der Waals surface area contributed by atoms with Crippen molar-refractivity contribution >= 4 is 5.78 Å². The van der Waals surface area contributed by atoms with Crippen LogP contribution in [-0.4, -0.2) is 16.0 Å². The van der Waals surface area contributed by atoms with Gasteiger partial charge in [0.2, 0.25) is 0 Å². The minimum Gasteiger partial charge on any atom is -0.508 e. The van der Waals surface area contributed by atoms with Crippen molar-refractivity contribution in [3.05, 3.63) is 23.8 Å². The Morgan fingerprint density at radius 2 is 2.07 bits per heavy atom. The smallest absolute Gasteiger partial charge is 0.169 e. The van der Waals surface area contributed by atoms with E-state index in [-0.39, 0.29) is 28.8 Å². The molecular formula is C11H14O3. The summed E-state index contributed by atoms with van der Waals surface area (Å²) in [5, 5.41) is 18.5. The van der Waals surface area contributed by atoms with E-state index in [1.807, 2.05) is 13.8 Å². The second-order valence-electron chi connectivity index (χ2n) is 3.37. The van der Waals surface area contributed by atoms with Crippen molar-refractivity contribution in [2.45, 2.75) is 20.3 Å². The average molecular weight is 194 g/mol. The molecule has 0 aliphatic rings. The minimum absolute atomic E-state index is 0.0387. The van der Waals surface area contributed by atoms with Crippen LogP contribution in [0.5, 0.6) is 11.5 Å². The molecule has 76 valence electrons. The predicted molar refractivity (Wildman–Crippen MR) is 53.6 cm³/mol. The Bertz CT molecular complexity index is 344. The number of carbonyl (C=O) groups excluding carboxylic acids is 1. The predicted octanol–water partition coefficient (Wildman–Crippen LogP) is 2.33. The van der Waals surface area contributed by atoms with E-state index in [0.29, 0.717) is 0 Å². The number of Topliss-reactive ketones (excluding diaryl/α,β-unsaturated/α-hetero) is 1. The van der Waals surface area contributed by atoms with Crippen molar-refractivity contribution in [3.8, 4) is 11.5 Å². The third kappa shape index (κ3) is 2.05. The van der Waals surface area contributed by atoms with Crippen LogP contribution in [0.2, 0.25) is 0 Å². The largest absolute Gasteiger partial charge is 0.508 e. The van der Waals surface area contributed by atoms with Gasteiger partial charge in [0.25, 0.3) is 0 Å². The van der Waals surface area contributed by atoms with Crippen LogP contribution in [-0.2, 0) is 0 Å². The summed E-state index contributed by atoms with van der Waals surface area (Å²) in [5.41, 5.74) is 0.275. The molecule has 0 spiro atoms. The van der Waals surface area contributed by atoms with Crippen LogP contribution in [0, 0.1) is 5.92 Å². The number of aromatic hydroxyl groups is 2. The molecule has 0 aliphatic heterocycles. The van der Waals surface area contributed by atoms with Gasteiger partial charge in [0.15, 0.2) is 5.78 Å². The standard InChI is InChI=1S/C11H14O3/c1-3-7(2)11(14)9-5-4-8(12)6-10(9)13/h4-7,12-13H,3H2,1-2H3/t7-/m0/s1. The first-order chi connectivity index (χ1) is 6.56. The Morgan fingerprint density at radius 3 is 2.57 bits per heavy atom. The molecule has 0 amide bonds. The normalized spacial score (nSPS) is 12.4. The number of rotatable bonds is 3. The van der Waals surface area contributed by atoms with Crippen LogP contribution in [0.1, 0.15) is 30.6 Å². The van der Waals surface area contributed by atoms with E-state index < -0.39 is 0 Å². The molecule has 0 aliphatic carbocycles. The van der Waals surface area contributed by atoms with E-state index in [1.165, 1.54) is 18.2 Å². The monoisotopic (exact) mass is 194 g/mol. The average Bonchev–Trinajstić information content (AvgIpc) is 2.15. The summed E-state index contributed by atoms with van der Waals surface area (Å²) in [6, 6.07) is 4.02. The molecule has 14 heavy (non-hydrogen) atoms. The molecule has 0 radical (unpaired) electrons. The van der Waals surface area contributed by atoms with Crippen LogP contribution in [0.15, 0.2) is 18.2 Å². The van der Waals surface area contributed by atoms with Gasteiger partial charge in [0.05, 0.1) is 5.56 Å². The molecule has 0 aromatic heterocycles. The molecule has 0 bridgehead atoms. The van der Waals surface area contributed by atoms with E-state index in [2.05, 4.69) is 0 Å². The fourth-order valence-corrected chi connectivity index (χ4v) is 1.18. The number of phenols is 2. The highest BCUT2D eigenvalue weighted by Crippen LogP contribution is 2.25. The van der Waals surface area contributed by atoms with Gasteiger partial charge in [-0.05, 0) is 18.6 Å². The van der Waals surface area contributed by atoms with Gasteiger partial charge < -0.3 is 10.2 Å². The third-order valence-electron chi connectivity index (χ3n) is 2.31. The fourth-order valence-electron chi connectivity index (χ4n) is 1.18. The molecule has 0 heterocycles. The highest BCUT2D eigenvalue weighted by molar-refractivity contribution is 6.00. The van der Waals surface area contributed by atoms with Gasteiger partial charge >= 0.3 is 0 Å². The van der Waals surface area contributed by atoms with Crippen molar-refractivity contribution < 1.29 is 15.0 Å². The van der Waals surface area contributed by atoms with Gasteiger partial charge in [-0.15, -0.1) is 0 Å². The molecule has 0 unspecified atom stereocenters. The first kappa shape index (κ1) is 10.6. The Labute approximate surface area is 83.0 Å². The van der Waals surface area contributed by atoms with Gasteiger partial charge in [0.1, 0.15) is 11.5 Å². The topological polar surface area (TPSA) is 57.5 Å². The van der Waals surface area contributed by atoms with Gasteiger partial charge in [-0.1, -0.05) is 13.8 Å². The maximum absolute atomic E-state index is 11.7. The summed E-state index contributed by atoms with van der Waals surface area (Å²) in [6.07, 6.45) is 0.735. The molecule has 1 aromatic rings. The van der Waals surface area contributed by atoms with Crippen LogP contribution >= 0.6 is 0 Å². The Kier molecular flexibility index (Phi) is 3.12. The van der Waals surface area contributed by atoms with E-state index in [9.17, 15) is 9.90 Å². The van der Waals surface area contributed by atoms with Crippen LogP contribution < -0.4 is 0 Å². The van der Waals surface area contributed by atoms with Gasteiger partial charge in [0, 0.05) is 12.0 Å². The van der Waals surface area contributed by atoms with Gasteiger partial charge in [-0.3, -0.25) is 4.79 Å². The zero-order valence-electron chi connectivity index (χ0n) is 8.32. The molecule has 3 heteroatoms. The van der Waals surface area contributed by atoms with Crippen LogP contribution in [0.3, 0.4) is 0 Å². The lowest BCUT2D eigenvalue weighted by Gasteiger charge is -2.08. The van der Waals surface area contributed by atoms with Crippen molar-refractivity contribution in [3.63, 3.8) is 0 Å². The van der Waals surface area contributed by atoms with E-state index in [4.69, 9.17) is 5.11 Å². The van der Waals surface area contributed by atoms with Gasteiger partial charge in [-0.25, -0.2) is 0 Å². The summed E-state index contributed by atoms with van der Waals surface area (Å²) in [7, 11) is 0. The third-order valence-corrected chi connectivity index (χ3v) is 2.31. The summed E-state index contributed by atoms with van der Waals surface area (Å²) in [4.78, 5) is 11.7. The Balaban J connectivity index is 3.02. The van der Waals surface area contributed by atoms with Crippen molar-refractivity contribution in [1.29, 1.82) is 0 Å². The van der Waals surface area contributed by atoms with E-state index >= 15 is 0 Å². The second kappa shape index (κ2) is 4.13. The van der Waals surface area contributed by atoms with E-state index in [1.54, 1.807) is 0 Å². The second-order valence-corrected chi connectivity index (χ2v) is 3.37. The van der Waals surface area contributed by atoms with Crippen molar-refractivity contribution in [2.75, 3.05) is 0 Å². The summed E-state index contributed by atoms with van der Waals surface area (Å²) >= 11 is 0. The van der Waals surface area contributed by atoms with Crippen LogP contribution in [0.25, 0.3) is 0 Å². The molecule has 0 saturated heterocycles. The quantitative estimate of drug-likeness (QED) is 0.726. The first-order valence-electron chi connectivity index (χ1n) is 4.62. The van der Waals surface area contributed by atoms with Crippen molar-refractivity contribution in [2.24, 2.45) is 5.92 Å². The number of benzene rings is 1. The summed E-state index contributed by atoms with van der Waals surface area (Å²) < 4.78 is 0. The molecule has 0 saturated carbocycles. The number of phenolic OH excluding ortho intramolecular Hbond substituents is 2. The van der Waals surface area contributed by atoms with Gasteiger partial charge in [-0.2, -0.15) is 0 Å². The highest BCUT2D eigenvalue weighted by atomic mass is 16.3. The summed E-state index contributed by atoms with van der Waals surface area (Å²) in [5.74, 6) is -0.394. The van der Waals surface area contributed by atoms with Crippen LogP contribution in [0.4, 0.5) is 0 Å². The molecule has 1 aromatic carbocycles. The maximum atomic E-state index is 11.7. The number of carbonyl (C=O) groups is 1. The molecule has 1 rings (SSSR count). The first-order valence-corrected chi connectivity index (χ1v) is 4.62. The molecular weight excluding hydrogens is 180 g/mol. The zero-order chi connectivity index (χ0) is 10.7. The fraction of sp³-hybridized carbons (Fsp3) is 0.364. The molecule has 3 nitrogen and oxygen atoms in total. The number of ketones is 1. The lowest BCUT2D eigenvalue weighted by Crippen LogP contribution is -2.10. The Hall–Kier alpha value is -1.51. The SMILES string of the molecule is CC[C@H](C)C(=O)c1ccc(O)cc1O. The van der Waals surface area contributed by atoms with E-state index in [0.717, 1.165) is 6.42 Å². The molecule has 2 N–H and O–H groups in total. The lowest BCUT2D eigenvalue weighted by atomic mass is 9.96. The minimum atomic E-state index is -0.157. The van der Waals surface area contributed by atoms with Crippen molar-refractivity contribution in [1.82, 2.24) is 0 Å².